The Morgan fingerprint density at radius 1 is 0.447 bits per heavy atom. The van der Waals surface area contributed by atoms with Crippen molar-refractivity contribution in [3.8, 4) is 0 Å². The number of hydrogen-bond acceptors (Lipinski definition) is 1. The molecule has 0 bridgehead atoms. The first kappa shape index (κ1) is 37.2. The van der Waals surface area contributed by atoms with Crippen LogP contribution >= 0.6 is 0 Å². The molecule has 0 aliphatic rings. The molecule has 38 heavy (non-hydrogen) atoms. The number of amides is 1. The molecule has 0 radical (unpaired) electrons. The van der Waals surface area contributed by atoms with E-state index >= 15 is 0 Å². The summed E-state index contributed by atoms with van der Waals surface area (Å²) in [4.78, 5) is 11.9. The standard InChI is InChI=1S/C36H71NO/c1-3-5-7-9-11-13-15-17-19-20-22-24-26-28-30-32-34-35(36(37)38)33-31-29-27-25-23-21-18-16-14-12-10-8-6-4-2/h17,19,35H,3-16,18,20-34H2,1-2H3,(H2,37,38)/b19-17-. The van der Waals surface area contributed by atoms with Crippen LogP contribution in [0, 0.1) is 5.92 Å². The van der Waals surface area contributed by atoms with Gasteiger partial charge in [-0.3, -0.25) is 4.79 Å². The number of carbonyl (C=O) groups excluding carboxylic acids is 1. The molecule has 1 atom stereocenters. The Morgan fingerprint density at radius 3 is 1.00 bits per heavy atom. The Labute approximate surface area is 240 Å². The van der Waals surface area contributed by atoms with E-state index < -0.39 is 0 Å². The summed E-state index contributed by atoms with van der Waals surface area (Å²) >= 11 is 0. The number of unbranched alkanes of at least 4 members (excludes halogenated alkanes) is 25. The summed E-state index contributed by atoms with van der Waals surface area (Å²) in [6.07, 6.45) is 44.8. The van der Waals surface area contributed by atoms with Gasteiger partial charge in [-0.25, -0.2) is 0 Å². The number of nitrogens with two attached hydrogens (primary N) is 1. The summed E-state index contributed by atoms with van der Waals surface area (Å²) < 4.78 is 0. The van der Waals surface area contributed by atoms with Crippen molar-refractivity contribution >= 4 is 5.91 Å². The fraction of sp³-hybridized carbons (Fsp3) is 0.917. The second kappa shape index (κ2) is 32.4. The zero-order valence-electron chi connectivity index (χ0n) is 26.4. The molecule has 0 rings (SSSR count). The molecule has 0 spiro atoms. The molecule has 1 amide bonds. The highest BCUT2D eigenvalue weighted by Gasteiger charge is 2.14. The van der Waals surface area contributed by atoms with Crippen LogP contribution in [0.15, 0.2) is 12.2 Å². The lowest BCUT2D eigenvalue weighted by Crippen LogP contribution is -2.23. The summed E-state index contributed by atoms with van der Waals surface area (Å²) in [5.74, 6) is 0.0524. The molecule has 0 aromatic carbocycles. The average molecular weight is 534 g/mol. The molecule has 2 N–H and O–H groups in total. The lowest BCUT2D eigenvalue weighted by Gasteiger charge is -2.13. The second-order valence-electron chi connectivity index (χ2n) is 12.2. The van der Waals surface area contributed by atoms with E-state index in [4.69, 9.17) is 5.73 Å². The van der Waals surface area contributed by atoms with E-state index in [1.165, 1.54) is 180 Å². The lowest BCUT2D eigenvalue weighted by atomic mass is 9.93. The Morgan fingerprint density at radius 2 is 0.711 bits per heavy atom. The Kier molecular flexibility index (Phi) is 31.7. The fourth-order valence-corrected chi connectivity index (χ4v) is 5.65. The first-order valence-corrected chi connectivity index (χ1v) is 17.7. The molecule has 0 aromatic heterocycles. The monoisotopic (exact) mass is 534 g/mol. The molecule has 0 aromatic rings. The Bertz CT molecular complexity index is 486. The minimum Gasteiger partial charge on any atom is -0.369 e. The summed E-state index contributed by atoms with van der Waals surface area (Å²) in [7, 11) is 0. The van der Waals surface area contributed by atoms with Gasteiger partial charge in [0.05, 0.1) is 0 Å². The first-order valence-electron chi connectivity index (χ1n) is 17.7. The summed E-state index contributed by atoms with van der Waals surface area (Å²) in [6, 6.07) is 0. The maximum absolute atomic E-state index is 11.9. The number of primary amides is 1. The summed E-state index contributed by atoms with van der Waals surface area (Å²) in [6.45, 7) is 4.57. The largest absolute Gasteiger partial charge is 0.369 e. The van der Waals surface area contributed by atoms with Gasteiger partial charge in [0.25, 0.3) is 0 Å². The third kappa shape index (κ3) is 29.8. The van der Waals surface area contributed by atoms with Crippen molar-refractivity contribution < 1.29 is 4.79 Å². The van der Waals surface area contributed by atoms with Gasteiger partial charge in [0, 0.05) is 5.92 Å². The van der Waals surface area contributed by atoms with E-state index in [1.54, 1.807) is 0 Å². The summed E-state index contributed by atoms with van der Waals surface area (Å²) in [5.41, 5.74) is 5.71. The minimum atomic E-state index is -0.0626. The fourth-order valence-electron chi connectivity index (χ4n) is 5.65. The molecular weight excluding hydrogens is 462 g/mol. The van der Waals surface area contributed by atoms with Crippen LogP contribution < -0.4 is 5.73 Å². The van der Waals surface area contributed by atoms with Crippen LogP contribution in [0.2, 0.25) is 0 Å². The molecule has 226 valence electrons. The molecule has 0 aliphatic carbocycles. The molecule has 0 heterocycles. The van der Waals surface area contributed by atoms with Crippen LogP contribution in [0.1, 0.15) is 206 Å². The summed E-state index contributed by atoms with van der Waals surface area (Å²) in [5, 5.41) is 0. The van der Waals surface area contributed by atoms with Gasteiger partial charge in [-0.05, 0) is 38.5 Å². The maximum atomic E-state index is 11.9. The van der Waals surface area contributed by atoms with Gasteiger partial charge in [0.15, 0.2) is 0 Å². The van der Waals surface area contributed by atoms with Crippen LogP contribution in [0.4, 0.5) is 0 Å². The van der Waals surface area contributed by atoms with E-state index in [9.17, 15) is 4.79 Å². The predicted octanol–water partition coefficient (Wildman–Crippen LogP) is 12.4. The van der Waals surface area contributed by atoms with E-state index in [2.05, 4.69) is 26.0 Å². The maximum Gasteiger partial charge on any atom is 0.220 e. The van der Waals surface area contributed by atoms with Crippen molar-refractivity contribution in [2.45, 2.75) is 206 Å². The Hall–Kier alpha value is -0.790. The van der Waals surface area contributed by atoms with Gasteiger partial charge >= 0.3 is 0 Å². The van der Waals surface area contributed by atoms with Gasteiger partial charge in [-0.2, -0.15) is 0 Å². The SMILES string of the molecule is CCCCCCCC/C=C\CCCCCCCCC(CCCCCCCCCCCCCCCC)C(N)=O. The van der Waals surface area contributed by atoms with Gasteiger partial charge in [0.1, 0.15) is 0 Å². The third-order valence-electron chi connectivity index (χ3n) is 8.37. The van der Waals surface area contributed by atoms with Crippen LogP contribution in [0.25, 0.3) is 0 Å². The topological polar surface area (TPSA) is 43.1 Å². The first-order chi connectivity index (χ1) is 18.7. The molecule has 0 aliphatic heterocycles. The molecule has 0 saturated carbocycles. The van der Waals surface area contributed by atoms with Crippen LogP contribution in [0.3, 0.4) is 0 Å². The van der Waals surface area contributed by atoms with Crippen molar-refractivity contribution in [1.82, 2.24) is 0 Å². The molecule has 2 nitrogen and oxygen atoms in total. The zero-order valence-corrected chi connectivity index (χ0v) is 26.4. The second-order valence-corrected chi connectivity index (χ2v) is 12.2. The van der Waals surface area contributed by atoms with Crippen LogP contribution in [-0.4, -0.2) is 5.91 Å². The molecule has 0 fully saturated rings. The van der Waals surface area contributed by atoms with Crippen molar-refractivity contribution in [2.75, 3.05) is 0 Å². The van der Waals surface area contributed by atoms with Crippen LogP contribution in [0.5, 0.6) is 0 Å². The lowest BCUT2D eigenvalue weighted by molar-refractivity contribution is -0.122. The van der Waals surface area contributed by atoms with Crippen molar-refractivity contribution in [1.29, 1.82) is 0 Å². The Balaban J connectivity index is 3.43. The average Bonchev–Trinajstić information content (AvgIpc) is 2.91. The van der Waals surface area contributed by atoms with Gasteiger partial charge in [-0.15, -0.1) is 0 Å². The third-order valence-corrected chi connectivity index (χ3v) is 8.37. The van der Waals surface area contributed by atoms with Crippen molar-refractivity contribution in [3.05, 3.63) is 12.2 Å². The van der Waals surface area contributed by atoms with E-state index in [-0.39, 0.29) is 11.8 Å². The van der Waals surface area contributed by atoms with Gasteiger partial charge in [-0.1, -0.05) is 180 Å². The van der Waals surface area contributed by atoms with Crippen molar-refractivity contribution in [3.63, 3.8) is 0 Å². The van der Waals surface area contributed by atoms with Gasteiger partial charge < -0.3 is 5.73 Å². The molecule has 2 heteroatoms. The number of rotatable bonds is 32. The van der Waals surface area contributed by atoms with Crippen molar-refractivity contribution in [2.24, 2.45) is 11.7 Å². The normalized spacial score (nSPS) is 12.5. The van der Waals surface area contributed by atoms with Crippen LogP contribution in [-0.2, 0) is 4.79 Å². The smallest absolute Gasteiger partial charge is 0.220 e. The highest BCUT2D eigenvalue weighted by molar-refractivity contribution is 5.76. The van der Waals surface area contributed by atoms with E-state index in [1.807, 2.05) is 0 Å². The predicted molar refractivity (Wildman–Crippen MR) is 172 cm³/mol. The van der Waals surface area contributed by atoms with E-state index in [0.29, 0.717) is 0 Å². The number of hydrogen-bond donors (Lipinski definition) is 1. The van der Waals surface area contributed by atoms with E-state index in [0.717, 1.165) is 12.8 Å². The zero-order chi connectivity index (χ0) is 27.8. The highest BCUT2D eigenvalue weighted by atomic mass is 16.1. The molecule has 0 saturated heterocycles. The quantitative estimate of drug-likeness (QED) is 0.0678. The minimum absolute atomic E-state index is 0.0626. The highest BCUT2D eigenvalue weighted by Crippen LogP contribution is 2.20. The molecule has 1 unspecified atom stereocenters. The number of carbonyl (C=O) groups is 1. The van der Waals surface area contributed by atoms with Gasteiger partial charge in [0.2, 0.25) is 5.91 Å². The molecular formula is C36H71NO. The number of allylic oxidation sites excluding steroid dienone is 2.